The molecule has 1 heterocycles. The van der Waals surface area contributed by atoms with Gasteiger partial charge in [0.2, 0.25) is 0 Å². The molecule has 0 bridgehead atoms. The highest BCUT2D eigenvalue weighted by atomic mass is 16.3. The Balaban J connectivity index is 2.70. The lowest BCUT2D eigenvalue weighted by molar-refractivity contribution is 0.259. The Morgan fingerprint density at radius 3 is 2.69 bits per heavy atom. The van der Waals surface area contributed by atoms with E-state index in [1.54, 1.807) is 6.20 Å². The number of nitrogens with zero attached hydrogens (tertiary/aromatic N) is 1. The van der Waals surface area contributed by atoms with Crippen LogP contribution in [0.1, 0.15) is 25.8 Å². The molecule has 4 nitrogen and oxygen atoms in total. The van der Waals surface area contributed by atoms with E-state index in [0.717, 1.165) is 12.0 Å². The van der Waals surface area contributed by atoms with Gasteiger partial charge in [-0.25, -0.2) is 4.98 Å². The molecule has 0 aromatic carbocycles. The molecule has 1 aromatic rings. The fraction of sp³-hybridized carbons (Fsp3) is 0.583. The number of aliphatic hydroxyl groups is 1. The Labute approximate surface area is 96.9 Å². The van der Waals surface area contributed by atoms with E-state index in [-0.39, 0.29) is 12.6 Å². The van der Waals surface area contributed by atoms with Gasteiger partial charge in [-0.3, -0.25) is 0 Å². The Kier molecular flexibility index (Phi) is 4.55. The van der Waals surface area contributed by atoms with Crippen LogP contribution in [-0.4, -0.2) is 22.7 Å². The smallest absolute Gasteiger partial charge is 0.149 e. The summed E-state index contributed by atoms with van der Waals surface area (Å²) >= 11 is 0. The highest BCUT2D eigenvalue weighted by molar-refractivity contribution is 5.62. The van der Waals surface area contributed by atoms with Crippen LogP contribution in [0.3, 0.4) is 0 Å². The summed E-state index contributed by atoms with van der Waals surface area (Å²) in [6, 6.07) is 1.89. The Morgan fingerprint density at radius 1 is 1.50 bits per heavy atom. The molecule has 16 heavy (non-hydrogen) atoms. The number of aromatic nitrogens is 1. The summed E-state index contributed by atoms with van der Waals surface area (Å²) in [7, 11) is 0. The molecule has 0 aliphatic heterocycles. The molecule has 1 unspecified atom stereocenters. The van der Waals surface area contributed by atoms with Crippen LogP contribution < -0.4 is 11.1 Å². The number of pyridine rings is 1. The first-order chi connectivity index (χ1) is 7.52. The zero-order valence-electron chi connectivity index (χ0n) is 10.2. The maximum atomic E-state index is 9.25. The van der Waals surface area contributed by atoms with Crippen LogP contribution in [0.25, 0.3) is 0 Å². The number of anilines is 2. The van der Waals surface area contributed by atoms with Crippen LogP contribution in [0.4, 0.5) is 11.5 Å². The number of nitrogen functional groups attached to an aromatic ring is 1. The number of rotatable bonds is 5. The molecule has 1 atom stereocenters. The van der Waals surface area contributed by atoms with E-state index in [1.807, 2.05) is 13.0 Å². The molecule has 0 aliphatic carbocycles. The maximum absolute atomic E-state index is 9.25. The van der Waals surface area contributed by atoms with E-state index in [9.17, 15) is 5.11 Å². The molecule has 90 valence electrons. The van der Waals surface area contributed by atoms with E-state index in [0.29, 0.717) is 17.4 Å². The van der Waals surface area contributed by atoms with Gasteiger partial charge in [-0.1, -0.05) is 13.8 Å². The standard InChI is InChI=1S/C12H21N3O/c1-8(2)4-10(7-16)15-12-11(13)5-9(3)6-14-12/h5-6,8,10,16H,4,7,13H2,1-3H3,(H,14,15). The molecule has 0 amide bonds. The van der Waals surface area contributed by atoms with Crippen molar-refractivity contribution in [2.75, 3.05) is 17.7 Å². The molecule has 0 saturated carbocycles. The molecular formula is C12H21N3O. The van der Waals surface area contributed by atoms with Crippen molar-refractivity contribution in [2.24, 2.45) is 5.92 Å². The van der Waals surface area contributed by atoms with Crippen LogP contribution in [-0.2, 0) is 0 Å². The van der Waals surface area contributed by atoms with Gasteiger partial charge < -0.3 is 16.2 Å². The van der Waals surface area contributed by atoms with Crippen molar-refractivity contribution >= 4 is 11.5 Å². The van der Waals surface area contributed by atoms with Crippen molar-refractivity contribution in [3.8, 4) is 0 Å². The van der Waals surface area contributed by atoms with Crippen molar-refractivity contribution in [1.82, 2.24) is 4.98 Å². The summed E-state index contributed by atoms with van der Waals surface area (Å²) in [5, 5.41) is 12.4. The van der Waals surface area contributed by atoms with E-state index < -0.39 is 0 Å². The molecule has 4 N–H and O–H groups in total. The fourth-order valence-corrected chi connectivity index (χ4v) is 1.65. The third kappa shape index (κ3) is 3.70. The summed E-state index contributed by atoms with van der Waals surface area (Å²) in [5.74, 6) is 1.18. The van der Waals surface area contributed by atoms with Gasteiger partial charge in [-0.15, -0.1) is 0 Å². The quantitative estimate of drug-likeness (QED) is 0.711. The zero-order chi connectivity index (χ0) is 12.1. The van der Waals surface area contributed by atoms with E-state index in [4.69, 9.17) is 5.73 Å². The van der Waals surface area contributed by atoms with E-state index in [2.05, 4.69) is 24.1 Å². The molecule has 0 spiro atoms. The Hall–Kier alpha value is -1.29. The summed E-state index contributed by atoms with van der Waals surface area (Å²) in [5.41, 5.74) is 7.51. The maximum Gasteiger partial charge on any atom is 0.149 e. The van der Waals surface area contributed by atoms with Gasteiger partial charge in [0.25, 0.3) is 0 Å². The van der Waals surface area contributed by atoms with Crippen molar-refractivity contribution < 1.29 is 5.11 Å². The van der Waals surface area contributed by atoms with E-state index in [1.165, 1.54) is 0 Å². The minimum absolute atomic E-state index is 0.0116. The van der Waals surface area contributed by atoms with Gasteiger partial charge in [-0.05, 0) is 30.9 Å². The van der Waals surface area contributed by atoms with Crippen molar-refractivity contribution in [2.45, 2.75) is 33.2 Å². The SMILES string of the molecule is Cc1cnc(NC(CO)CC(C)C)c(N)c1. The second-order valence-electron chi connectivity index (χ2n) is 4.60. The average Bonchev–Trinajstić information content (AvgIpc) is 2.20. The van der Waals surface area contributed by atoms with Crippen molar-refractivity contribution in [3.05, 3.63) is 17.8 Å². The van der Waals surface area contributed by atoms with Gasteiger partial charge in [0.1, 0.15) is 5.82 Å². The highest BCUT2D eigenvalue weighted by Gasteiger charge is 2.11. The summed E-state index contributed by atoms with van der Waals surface area (Å²) in [6.07, 6.45) is 2.66. The predicted octanol–water partition coefficient (Wildman–Crippen LogP) is 1.79. The lowest BCUT2D eigenvalue weighted by Gasteiger charge is -2.19. The first kappa shape index (κ1) is 12.8. The van der Waals surface area contributed by atoms with Crippen LogP contribution >= 0.6 is 0 Å². The monoisotopic (exact) mass is 223 g/mol. The Bertz CT molecular complexity index is 339. The number of hydrogen-bond donors (Lipinski definition) is 3. The van der Waals surface area contributed by atoms with Gasteiger partial charge in [0, 0.05) is 6.20 Å². The molecule has 1 rings (SSSR count). The number of hydrogen-bond acceptors (Lipinski definition) is 4. The van der Waals surface area contributed by atoms with Crippen LogP contribution in [0.15, 0.2) is 12.3 Å². The number of aryl methyl sites for hydroxylation is 1. The van der Waals surface area contributed by atoms with Crippen LogP contribution in [0.2, 0.25) is 0 Å². The fourth-order valence-electron chi connectivity index (χ4n) is 1.65. The number of aliphatic hydroxyl groups excluding tert-OH is 1. The van der Waals surface area contributed by atoms with E-state index >= 15 is 0 Å². The second-order valence-corrected chi connectivity index (χ2v) is 4.60. The molecule has 0 fully saturated rings. The van der Waals surface area contributed by atoms with Gasteiger partial charge in [0.05, 0.1) is 18.3 Å². The van der Waals surface area contributed by atoms with Crippen molar-refractivity contribution in [1.29, 1.82) is 0 Å². The molecule has 1 aromatic heterocycles. The first-order valence-electron chi connectivity index (χ1n) is 5.62. The minimum Gasteiger partial charge on any atom is -0.396 e. The van der Waals surface area contributed by atoms with Crippen molar-refractivity contribution in [3.63, 3.8) is 0 Å². The lowest BCUT2D eigenvalue weighted by Crippen LogP contribution is -2.26. The molecule has 0 saturated heterocycles. The minimum atomic E-state index is 0.0116. The molecule has 0 radical (unpaired) electrons. The van der Waals surface area contributed by atoms with Gasteiger partial charge >= 0.3 is 0 Å². The van der Waals surface area contributed by atoms with Crippen LogP contribution in [0, 0.1) is 12.8 Å². The topological polar surface area (TPSA) is 71.2 Å². The summed E-state index contributed by atoms with van der Waals surface area (Å²) in [4.78, 5) is 4.23. The predicted molar refractivity (Wildman–Crippen MR) is 67.3 cm³/mol. The summed E-state index contributed by atoms with van der Waals surface area (Å²) in [6.45, 7) is 6.28. The van der Waals surface area contributed by atoms with Crippen LogP contribution in [0.5, 0.6) is 0 Å². The summed E-state index contributed by atoms with van der Waals surface area (Å²) < 4.78 is 0. The second kappa shape index (κ2) is 5.70. The normalized spacial score (nSPS) is 12.8. The largest absolute Gasteiger partial charge is 0.396 e. The first-order valence-corrected chi connectivity index (χ1v) is 5.62. The molecular weight excluding hydrogens is 202 g/mol. The number of nitrogens with one attached hydrogen (secondary N) is 1. The third-order valence-corrected chi connectivity index (χ3v) is 2.37. The zero-order valence-corrected chi connectivity index (χ0v) is 10.2. The molecule has 4 heteroatoms. The lowest BCUT2D eigenvalue weighted by atomic mass is 10.0. The molecule has 0 aliphatic rings. The number of nitrogens with two attached hydrogens (primary N) is 1. The van der Waals surface area contributed by atoms with Gasteiger partial charge in [0.15, 0.2) is 0 Å². The highest BCUT2D eigenvalue weighted by Crippen LogP contribution is 2.18. The third-order valence-electron chi connectivity index (χ3n) is 2.37. The van der Waals surface area contributed by atoms with Gasteiger partial charge in [-0.2, -0.15) is 0 Å². The average molecular weight is 223 g/mol. The Morgan fingerprint density at radius 2 is 2.19 bits per heavy atom.